The molecule has 0 radical (unpaired) electrons. The van der Waals surface area contributed by atoms with Crippen LogP contribution in [0.3, 0.4) is 0 Å². The zero-order valence-electron chi connectivity index (χ0n) is 20.6. The Kier molecular flexibility index (Phi) is 7.53. The number of amidine groups is 1. The van der Waals surface area contributed by atoms with Crippen LogP contribution >= 0.6 is 11.8 Å². The van der Waals surface area contributed by atoms with Crippen molar-refractivity contribution in [2.75, 3.05) is 32.9 Å². The van der Waals surface area contributed by atoms with Crippen molar-refractivity contribution < 1.29 is 14.3 Å². The number of thioether (sulfide) groups is 1. The van der Waals surface area contributed by atoms with E-state index >= 15 is 0 Å². The first-order valence-electron chi connectivity index (χ1n) is 12.3. The number of aliphatic imine (C=N–C) groups is 1. The van der Waals surface area contributed by atoms with Gasteiger partial charge in [0, 0.05) is 30.4 Å². The molecule has 186 valence electrons. The Morgan fingerprint density at radius 1 is 1.08 bits per heavy atom. The van der Waals surface area contributed by atoms with E-state index in [2.05, 4.69) is 23.7 Å². The number of amides is 1. The monoisotopic (exact) mass is 502 g/mol. The van der Waals surface area contributed by atoms with E-state index in [-0.39, 0.29) is 5.91 Å². The van der Waals surface area contributed by atoms with Crippen molar-refractivity contribution in [1.29, 1.82) is 0 Å². The highest BCUT2D eigenvalue weighted by Gasteiger charge is 2.28. The maximum absolute atomic E-state index is 12.8. The number of hydrogen-bond donors (Lipinski definition) is 0. The van der Waals surface area contributed by atoms with Crippen LogP contribution in [0.1, 0.15) is 25.8 Å². The van der Waals surface area contributed by atoms with Crippen LogP contribution in [0.4, 0.5) is 0 Å². The van der Waals surface area contributed by atoms with Gasteiger partial charge in [-0.05, 0) is 66.6 Å². The van der Waals surface area contributed by atoms with Gasteiger partial charge in [0.2, 0.25) is 0 Å². The number of hydrogen-bond acceptors (Lipinski definition) is 6. The Balaban J connectivity index is 1.43. The zero-order chi connectivity index (χ0) is 24.9. The summed E-state index contributed by atoms with van der Waals surface area (Å²) in [5.41, 5.74) is 3.57. The molecule has 3 heterocycles. The van der Waals surface area contributed by atoms with E-state index in [1.54, 1.807) is 0 Å². The summed E-state index contributed by atoms with van der Waals surface area (Å²) >= 11 is 1.42. The first-order chi connectivity index (χ1) is 17.6. The number of morpholine rings is 1. The Labute approximate surface area is 215 Å². The van der Waals surface area contributed by atoms with Gasteiger partial charge in [-0.15, -0.1) is 0 Å². The Morgan fingerprint density at radius 2 is 1.83 bits per heavy atom. The highest BCUT2D eigenvalue weighted by molar-refractivity contribution is 8.18. The van der Waals surface area contributed by atoms with Crippen molar-refractivity contribution in [1.82, 2.24) is 14.7 Å². The molecule has 1 amide bonds. The van der Waals surface area contributed by atoms with Crippen LogP contribution in [-0.2, 0) is 9.53 Å². The van der Waals surface area contributed by atoms with Crippen LogP contribution in [0, 0.1) is 5.92 Å². The normalized spacial score (nSPS) is 17.2. The van der Waals surface area contributed by atoms with Gasteiger partial charge in [-0.25, -0.2) is 4.68 Å². The summed E-state index contributed by atoms with van der Waals surface area (Å²) in [5, 5.41) is 5.63. The van der Waals surface area contributed by atoms with Crippen LogP contribution in [-0.4, -0.2) is 58.7 Å². The average Bonchev–Trinajstić information content (AvgIpc) is 3.49. The number of carbonyl (C=O) groups excluding carboxylic acids is 1. The van der Waals surface area contributed by atoms with E-state index in [9.17, 15) is 4.79 Å². The fraction of sp³-hybridized carbons (Fsp3) is 0.321. The van der Waals surface area contributed by atoms with Gasteiger partial charge in [0.1, 0.15) is 5.75 Å². The molecule has 5 rings (SSSR count). The zero-order valence-corrected chi connectivity index (χ0v) is 21.4. The number of ether oxygens (including phenoxy) is 2. The molecular weight excluding hydrogens is 472 g/mol. The van der Waals surface area contributed by atoms with Crippen LogP contribution in [0.15, 0.2) is 70.7 Å². The van der Waals surface area contributed by atoms with E-state index in [1.807, 2.05) is 71.6 Å². The third-order valence-electron chi connectivity index (χ3n) is 6.03. The first-order valence-corrected chi connectivity index (χ1v) is 13.1. The first kappa shape index (κ1) is 24.3. The molecule has 36 heavy (non-hydrogen) atoms. The number of rotatable bonds is 7. The average molecular weight is 503 g/mol. The van der Waals surface area contributed by atoms with Crippen molar-refractivity contribution >= 4 is 28.9 Å². The van der Waals surface area contributed by atoms with Crippen molar-refractivity contribution in [2.24, 2.45) is 10.9 Å². The lowest BCUT2D eigenvalue weighted by atomic mass is 10.1. The molecule has 1 fully saturated rings. The van der Waals surface area contributed by atoms with Gasteiger partial charge < -0.3 is 14.4 Å². The summed E-state index contributed by atoms with van der Waals surface area (Å²) in [6.07, 6.45) is 4.88. The summed E-state index contributed by atoms with van der Waals surface area (Å²) in [6.45, 7) is 7.86. The van der Waals surface area contributed by atoms with Gasteiger partial charge >= 0.3 is 0 Å². The van der Waals surface area contributed by atoms with Crippen LogP contribution in [0.2, 0.25) is 0 Å². The SMILES string of the molecule is CC(C)CCOc1ccc(-c2nn(-c3ccccc3)cc2/C=C2\SC(N3CCOCC3)=NC2=O)cc1. The Hall–Kier alpha value is -3.36. The molecule has 2 aliphatic heterocycles. The second kappa shape index (κ2) is 11.1. The summed E-state index contributed by atoms with van der Waals surface area (Å²) in [7, 11) is 0. The van der Waals surface area contributed by atoms with E-state index in [0.717, 1.165) is 52.9 Å². The third kappa shape index (κ3) is 5.71. The summed E-state index contributed by atoms with van der Waals surface area (Å²) < 4.78 is 13.2. The molecule has 0 bridgehead atoms. The predicted molar refractivity (Wildman–Crippen MR) is 144 cm³/mol. The van der Waals surface area contributed by atoms with E-state index < -0.39 is 0 Å². The second-order valence-corrected chi connectivity index (χ2v) is 10.2. The molecule has 3 aromatic rings. The molecule has 2 aromatic carbocycles. The quantitative estimate of drug-likeness (QED) is 0.410. The second-order valence-electron chi connectivity index (χ2n) is 9.18. The van der Waals surface area contributed by atoms with Crippen molar-refractivity contribution in [3.63, 3.8) is 0 Å². The van der Waals surface area contributed by atoms with Gasteiger partial charge in [-0.2, -0.15) is 10.1 Å². The number of carbonyl (C=O) groups is 1. The van der Waals surface area contributed by atoms with Gasteiger partial charge in [0.05, 0.1) is 36.1 Å². The highest BCUT2D eigenvalue weighted by Crippen LogP contribution is 2.34. The molecule has 7 nitrogen and oxygen atoms in total. The number of aromatic nitrogens is 2. The topological polar surface area (TPSA) is 68.9 Å². The van der Waals surface area contributed by atoms with Crippen LogP contribution in [0.25, 0.3) is 23.0 Å². The standard InChI is InChI=1S/C28H30N4O3S/c1-20(2)12-15-35-24-10-8-21(9-11-24)26-22(19-32(30-26)23-6-4-3-5-7-23)18-25-27(33)29-28(36-25)31-13-16-34-17-14-31/h3-11,18-20H,12-17H2,1-2H3/b25-18-. The lowest BCUT2D eigenvalue weighted by Gasteiger charge is -2.27. The third-order valence-corrected chi connectivity index (χ3v) is 7.08. The summed E-state index contributed by atoms with van der Waals surface area (Å²) in [6, 6.07) is 17.9. The molecule has 0 unspecified atom stereocenters. The van der Waals surface area contributed by atoms with Crippen LogP contribution in [0.5, 0.6) is 5.75 Å². The molecule has 1 saturated heterocycles. The van der Waals surface area contributed by atoms with Crippen molar-refractivity contribution in [3.8, 4) is 22.7 Å². The maximum Gasteiger partial charge on any atom is 0.286 e. The minimum atomic E-state index is -0.214. The van der Waals surface area contributed by atoms with Crippen molar-refractivity contribution in [2.45, 2.75) is 20.3 Å². The van der Waals surface area contributed by atoms with E-state index in [4.69, 9.17) is 14.6 Å². The molecular formula is C28H30N4O3S. The Morgan fingerprint density at radius 3 is 2.56 bits per heavy atom. The smallest absolute Gasteiger partial charge is 0.286 e. The van der Waals surface area contributed by atoms with Gasteiger partial charge in [-0.1, -0.05) is 32.0 Å². The molecule has 0 aliphatic carbocycles. The number of benzene rings is 2. The summed E-state index contributed by atoms with van der Waals surface area (Å²) in [5.74, 6) is 1.23. The largest absolute Gasteiger partial charge is 0.494 e. The molecule has 8 heteroatoms. The molecule has 0 atom stereocenters. The minimum absolute atomic E-state index is 0.214. The van der Waals surface area contributed by atoms with Crippen molar-refractivity contribution in [3.05, 3.63) is 71.3 Å². The fourth-order valence-electron chi connectivity index (χ4n) is 3.98. The van der Waals surface area contributed by atoms with Gasteiger partial charge in [0.15, 0.2) is 5.17 Å². The van der Waals surface area contributed by atoms with E-state index in [0.29, 0.717) is 30.6 Å². The lowest BCUT2D eigenvalue weighted by Crippen LogP contribution is -2.38. The van der Waals surface area contributed by atoms with Crippen LogP contribution < -0.4 is 4.74 Å². The Bertz CT molecular complexity index is 1260. The fourth-order valence-corrected chi connectivity index (χ4v) is 4.94. The molecule has 1 aromatic heterocycles. The van der Waals surface area contributed by atoms with Gasteiger partial charge in [-0.3, -0.25) is 4.79 Å². The number of nitrogens with zero attached hydrogens (tertiary/aromatic N) is 4. The molecule has 2 aliphatic rings. The predicted octanol–water partition coefficient (Wildman–Crippen LogP) is 5.27. The highest BCUT2D eigenvalue weighted by atomic mass is 32.2. The summed E-state index contributed by atoms with van der Waals surface area (Å²) in [4.78, 5) is 19.8. The molecule has 0 N–H and O–H groups in total. The van der Waals surface area contributed by atoms with E-state index in [1.165, 1.54) is 11.8 Å². The van der Waals surface area contributed by atoms with Gasteiger partial charge in [0.25, 0.3) is 5.91 Å². The molecule has 0 spiro atoms. The maximum atomic E-state index is 12.8. The molecule has 0 saturated carbocycles. The number of para-hydroxylation sites is 1. The lowest BCUT2D eigenvalue weighted by molar-refractivity contribution is -0.113. The minimum Gasteiger partial charge on any atom is -0.494 e.